The van der Waals surface area contributed by atoms with Gasteiger partial charge in [-0.15, -0.1) is 0 Å². The SMILES string of the molecule is CCCNC(=O)c1ccc(-c2cnn3c(NCC4CCOCC4)cc(Oc4ccccc4)nc23)cc1C. The van der Waals surface area contributed by atoms with Gasteiger partial charge in [-0.05, 0) is 61.4 Å². The summed E-state index contributed by atoms with van der Waals surface area (Å²) < 4.78 is 13.5. The number of benzene rings is 2. The van der Waals surface area contributed by atoms with Gasteiger partial charge in [0.05, 0.1) is 6.20 Å². The fraction of sp³-hybridized carbons (Fsp3) is 0.345. The lowest BCUT2D eigenvalue weighted by Crippen LogP contribution is -2.24. The number of anilines is 1. The second-order valence-electron chi connectivity index (χ2n) is 9.41. The third-order valence-corrected chi connectivity index (χ3v) is 6.64. The van der Waals surface area contributed by atoms with Gasteiger partial charge in [0.2, 0.25) is 5.88 Å². The van der Waals surface area contributed by atoms with Crippen molar-refractivity contribution < 1.29 is 14.3 Å². The molecule has 1 fully saturated rings. The van der Waals surface area contributed by atoms with Gasteiger partial charge >= 0.3 is 0 Å². The number of carbonyl (C=O) groups excluding carboxylic acids is 1. The maximum absolute atomic E-state index is 12.5. The number of ether oxygens (including phenoxy) is 2. The summed E-state index contributed by atoms with van der Waals surface area (Å²) >= 11 is 0. The lowest BCUT2D eigenvalue weighted by Gasteiger charge is -2.22. The summed E-state index contributed by atoms with van der Waals surface area (Å²) in [6.45, 7) is 7.08. The zero-order valence-electron chi connectivity index (χ0n) is 21.4. The predicted octanol–water partition coefficient (Wildman–Crippen LogP) is 5.48. The van der Waals surface area contributed by atoms with E-state index in [1.807, 2.05) is 79.2 Å². The average molecular weight is 500 g/mol. The Labute approximate surface area is 217 Å². The molecule has 1 amide bonds. The van der Waals surface area contributed by atoms with E-state index < -0.39 is 0 Å². The number of amides is 1. The molecule has 3 heterocycles. The molecule has 0 bridgehead atoms. The quantitative estimate of drug-likeness (QED) is 0.317. The number of carbonyl (C=O) groups is 1. The minimum atomic E-state index is -0.0537. The Bertz CT molecular complexity index is 1360. The predicted molar refractivity (Wildman–Crippen MR) is 144 cm³/mol. The first-order valence-corrected chi connectivity index (χ1v) is 12.9. The van der Waals surface area contributed by atoms with E-state index in [2.05, 4.69) is 15.7 Å². The number of hydrogen-bond acceptors (Lipinski definition) is 6. The van der Waals surface area contributed by atoms with Crippen molar-refractivity contribution in [1.82, 2.24) is 19.9 Å². The van der Waals surface area contributed by atoms with Gasteiger partial charge in [0.25, 0.3) is 5.91 Å². The molecule has 0 spiro atoms. The molecule has 4 aromatic rings. The van der Waals surface area contributed by atoms with Crippen molar-refractivity contribution >= 4 is 17.4 Å². The molecule has 2 N–H and O–H groups in total. The molecule has 5 rings (SSSR count). The Morgan fingerprint density at radius 1 is 1.14 bits per heavy atom. The molecule has 0 aliphatic carbocycles. The van der Waals surface area contributed by atoms with Crippen LogP contribution in [0.3, 0.4) is 0 Å². The molecule has 0 radical (unpaired) electrons. The molecule has 37 heavy (non-hydrogen) atoms. The number of hydrogen-bond donors (Lipinski definition) is 2. The van der Waals surface area contributed by atoms with Gasteiger partial charge in [0, 0.05) is 43.5 Å². The van der Waals surface area contributed by atoms with Crippen LogP contribution in [0.4, 0.5) is 5.82 Å². The molecular formula is C29H33N5O3. The lowest BCUT2D eigenvalue weighted by molar-refractivity contribution is 0.0699. The number of nitrogens with zero attached hydrogens (tertiary/aromatic N) is 3. The van der Waals surface area contributed by atoms with Gasteiger partial charge < -0.3 is 20.1 Å². The third-order valence-electron chi connectivity index (χ3n) is 6.64. The Hall–Kier alpha value is -3.91. The minimum Gasteiger partial charge on any atom is -0.439 e. The van der Waals surface area contributed by atoms with Gasteiger partial charge in [-0.25, -0.2) is 0 Å². The Balaban J connectivity index is 1.49. The number of aryl methyl sites for hydroxylation is 1. The van der Waals surface area contributed by atoms with Crippen molar-refractivity contribution in [3.8, 4) is 22.8 Å². The molecule has 192 valence electrons. The van der Waals surface area contributed by atoms with E-state index >= 15 is 0 Å². The molecule has 1 aliphatic rings. The first-order valence-electron chi connectivity index (χ1n) is 12.9. The summed E-state index contributed by atoms with van der Waals surface area (Å²) in [5, 5.41) is 11.2. The van der Waals surface area contributed by atoms with Crippen molar-refractivity contribution in [1.29, 1.82) is 0 Å². The fourth-order valence-corrected chi connectivity index (χ4v) is 4.55. The van der Waals surface area contributed by atoms with Gasteiger partial charge in [-0.3, -0.25) is 4.79 Å². The first kappa shape index (κ1) is 24.8. The average Bonchev–Trinajstić information content (AvgIpc) is 3.35. The van der Waals surface area contributed by atoms with Crippen molar-refractivity contribution in [2.45, 2.75) is 33.1 Å². The molecule has 0 atom stereocenters. The van der Waals surface area contributed by atoms with Crippen molar-refractivity contribution in [2.24, 2.45) is 5.92 Å². The summed E-state index contributed by atoms with van der Waals surface area (Å²) in [4.78, 5) is 17.4. The zero-order chi connectivity index (χ0) is 25.6. The number of aromatic nitrogens is 3. The van der Waals surface area contributed by atoms with Crippen LogP contribution in [-0.2, 0) is 4.74 Å². The van der Waals surface area contributed by atoms with Gasteiger partial charge in [-0.2, -0.15) is 14.6 Å². The highest BCUT2D eigenvalue weighted by molar-refractivity contribution is 5.96. The van der Waals surface area contributed by atoms with Crippen molar-refractivity contribution in [3.05, 3.63) is 71.9 Å². The normalized spacial score (nSPS) is 14.0. The molecule has 0 saturated carbocycles. The maximum Gasteiger partial charge on any atom is 0.251 e. The highest BCUT2D eigenvalue weighted by atomic mass is 16.5. The van der Waals surface area contributed by atoms with Crippen molar-refractivity contribution in [3.63, 3.8) is 0 Å². The van der Waals surface area contributed by atoms with Crippen molar-refractivity contribution in [2.75, 3.05) is 31.6 Å². The molecule has 1 aliphatic heterocycles. The standard InChI is InChI=1S/C29H33N5O3/c1-3-13-30-29(35)24-10-9-22(16-20(24)2)25-19-32-34-26(31-18-21-11-14-36-15-12-21)17-27(33-28(25)34)37-23-7-5-4-6-8-23/h4-10,16-17,19,21,31H,3,11-15,18H2,1-2H3,(H,30,35). The second-order valence-corrected chi connectivity index (χ2v) is 9.41. The smallest absolute Gasteiger partial charge is 0.251 e. The first-order chi connectivity index (χ1) is 18.1. The zero-order valence-corrected chi connectivity index (χ0v) is 21.4. The number of rotatable bonds is 9. The molecule has 2 aromatic carbocycles. The maximum atomic E-state index is 12.5. The van der Waals surface area contributed by atoms with Gasteiger partial charge in [0.15, 0.2) is 5.65 Å². The molecule has 1 saturated heterocycles. The fourth-order valence-electron chi connectivity index (χ4n) is 4.55. The van der Waals surface area contributed by atoms with Crippen LogP contribution in [0.25, 0.3) is 16.8 Å². The topological polar surface area (TPSA) is 89.8 Å². The van der Waals surface area contributed by atoms with E-state index in [1.54, 1.807) is 0 Å². The Kier molecular flexibility index (Phi) is 7.65. The van der Waals surface area contributed by atoms with Crippen LogP contribution in [-0.4, -0.2) is 46.8 Å². The molecule has 2 aromatic heterocycles. The summed E-state index contributed by atoms with van der Waals surface area (Å²) in [7, 11) is 0. The molecule has 0 unspecified atom stereocenters. The van der Waals surface area contributed by atoms with Crippen LogP contribution < -0.4 is 15.4 Å². The van der Waals surface area contributed by atoms with Crippen LogP contribution in [0.1, 0.15) is 42.1 Å². The van der Waals surface area contributed by atoms with Crippen LogP contribution in [0, 0.1) is 12.8 Å². The van der Waals surface area contributed by atoms with E-state index in [-0.39, 0.29) is 5.91 Å². The Morgan fingerprint density at radius 3 is 2.70 bits per heavy atom. The van der Waals surface area contributed by atoms with E-state index in [9.17, 15) is 4.79 Å². The van der Waals surface area contributed by atoms with Gasteiger partial charge in [-0.1, -0.05) is 37.3 Å². The van der Waals surface area contributed by atoms with E-state index in [0.717, 1.165) is 61.5 Å². The highest BCUT2D eigenvalue weighted by Crippen LogP contribution is 2.31. The number of para-hydroxylation sites is 1. The van der Waals surface area contributed by atoms with Crippen LogP contribution >= 0.6 is 0 Å². The third kappa shape index (κ3) is 5.75. The van der Waals surface area contributed by atoms with E-state index in [4.69, 9.17) is 14.5 Å². The lowest BCUT2D eigenvalue weighted by atomic mass is 10.0. The minimum absolute atomic E-state index is 0.0537. The largest absolute Gasteiger partial charge is 0.439 e. The molecule has 8 heteroatoms. The second kappa shape index (κ2) is 11.4. The summed E-state index contributed by atoms with van der Waals surface area (Å²) in [5.74, 6) is 2.51. The summed E-state index contributed by atoms with van der Waals surface area (Å²) in [6, 6.07) is 17.4. The number of nitrogens with one attached hydrogen (secondary N) is 2. The van der Waals surface area contributed by atoms with E-state index in [0.29, 0.717) is 35.3 Å². The van der Waals surface area contributed by atoms with Crippen LogP contribution in [0.5, 0.6) is 11.6 Å². The van der Waals surface area contributed by atoms with Gasteiger partial charge in [0.1, 0.15) is 11.6 Å². The molecule has 8 nitrogen and oxygen atoms in total. The van der Waals surface area contributed by atoms with Crippen LogP contribution in [0.2, 0.25) is 0 Å². The monoisotopic (exact) mass is 499 g/mol. The van der Waals surface area contributed by atoms with E-state index in [1.165, 1.54) is 0 Å². The summed E-state index contributed by atoms with van der Waals surface area (Å²) in [6.07, 6.45) is 4.79. The number of fused-ring (bicyclic) bond motifs is 1. The Morgan fingerprint density at radius 2 is 1.95 bits per heavy atom. The van der Waals surface area contributed by atoms with Crippen LogP contribution in [0.15, 0.2) is 60.8 Å². The molecular weight excluding hydrogens is 466 g/mol. The summed E-state index contributed by atoms with van der Waals surface area (Å²) in [5.41, 5.74) is 4.08. The highest BCUT2D eigenvalue weighted by Gasteiger charge is 2.18.